The van der Waals surface area contributed by atoms with Crippen molar-refractivity contribution in [3.63, 3.8) is 0 Å². The highest BCUT2D eigenvalue weighted by molar-refractivity contribution is 5.55. The molecule has 1 heterocycles. The Balaban J connectivity index is 2.29. The van der Waals surface area contributed by atoms with Gasteiger partial charge in [0.15, 0.2) is 0 Å². The lowest BCUT2D eigenvalue weighted by molar-refractivity contribution is 0.176. The molecule has 1 aromatic rings. The summed E-state index contributed by atoms with van der Waals surface area (Å²) in [5.74, 6) is 0.579. The van der Waals surface area contributed by atoms with Gasteiger partial charge in [0.25, 0.3) is 0 Å². The summed E-state index contributed by atoms with van der Waals surface area (Å²) in [6.45, 7) is 8.24. The first-order valence-corrected chi connectivity index (χ1v) is 7.01. The van der Waals surface area contributed by atoms with Crippen LogP contribution in [0.2, 0.25) is 0 Å². The van der Waals surface area contributed by atoms with Gasteiger partial charge >= 0.3 is 0 Å². The van der Waals surface area contributed by atoms with Crippen LogP contribution in [0.1, 0.15) is 38.7 Å². The first kappa shape index (κ1) is 13.4. The smallest absolute Gasteiger partial charge is 0.0434 e. The molecule has 0 saturated carbocycles. The van der Waals surface area contributed by atoms with Gasteiger partial charge < -0.3 is 10.0 Å². The van der Waals surface area contributed by atoms with Crippen LogP contribution in [0.15, 0.2) is 24.3 Å². The predicted octanol–water partition coefficient (Wildman–Crippen LogP) is 3.37. The van der Waals surface area contributed by atoms with E-state index in [4.69, 9.17) is 0 Å². The molecule has 1 aromatic carbocycles. The third-order valence-electron chi connectivity index (χ3n) is 4.51. The van der Waals surface area contributed by atoms with Gasteiger partial charge in [0.1, 0.15) is 0 Å². The average Bonchev–Trinajstić information content (AvgIpc) is 2.33. The molecule has 100 valence electrons. The largest absolute Gasteiger partial charge is 0.396 e. The minimum absolute atomic E-state index is 0.132. The van der Waals surface area contributed by atoms with Crippen molar-refractivity contribution in [2.24, 2.45) is 5.92 Å². The summed E-state index contributed by atoms with van der Waals surface area (Å²) in [6, 6.07) is 8.62. The summed E-state index contributed by atoms with van der Waals surface area (Å²) >= 11 is 0. The molecule has 1 saturated heterocycles. The van der Waals surface area contributed by atoms with E-state index < -0.39 is 0 Å². The normalized spacial score (nSPS) is 23.1. The third-order valence-corrected chi connectivity index (χ3v) is 4.51. The molecule has 1 unspecified atom stereocenters. The van der Waals surface area contributed by atoms with E-state index in [9.17, 15) is 5.11 Å². The molecule has 0 bridgehead atoms. The zero-order valence-corrected chi connectivity index (χ0v) is 11.8. The predicted molar refractivity (Wildman–Crippen MR) is 77.0 cm³/mol. The highest BCUT2D eigenvalue weighted by Crippen LogP contribution is 2.39. The minimum atomic E-state index is 0.132. The highest BCUT2D eigenvalue weighted by Gasteiger charge is 2.38. The SMILES string of the molecule is Cc1ccccc1N1CCCC(CCO)C1(C)C. The molecule has 0 radical (unpaired) electrons. The Morgan fingerprint density at radius 2 is 2.06 bits per heavy atom. The van der Waals surface area contributed by atoms with E-state index in [1.54, 1.807) is 0 Å². The summed E-state index contributed by atoms with van der Waals surface area (Å²) in [5.41, 5.74) is 2.83. The summed E-state index contributed by atoms with van der Waals surface area (Å²) in [7, 11) is 0. The second-order valence-corrected chi connectivity index (χ2v) is 5.94. The van der Waals surface area contributed by atoms with Crippen molar-refractivity contribution in [1.29, 1.82) is 0 Å². The van der Waals surface area contributed by atoms with Crippen LogP contribution in [0.5, 0.6) is 0 Å². The maximum Gasteiger partial charge on any atom is 0.0434 e. The van der Waals surface area contributed by atoms with Gasteiger partial charge in [-0.3, -0.25) is 0 Å². The van der Waals surface area contributed by atoms with E-state index in [2.05, 4.69) is 49.9 Å². The zero-order chi connectivity index (χ0) is 13.2. The number of piperidine rings is 1. The first-order valence-electron chi connectivity index (χ1n) is 7.01. The lowest BCUT2D eigenvalue weighted by atomic mass is 9.77. The summed E-state index contributed by atoms with van der Waals surface area (Å²) in [5, 5.41) is 9.24. The molecule has 2 rings (SSSR count). The average molecular weight is 247 g/mol. The molecule has 0 spiro atoms. The number of aliphatic hydroxyl groups excluding tert-OH is 1. The van der Waals surface area contributed by atoms with Crippen LogP contribution in [-0.2, 0) is 0 Å². The summed E-state index contributed by atoms with van der Waals surface area (Å²) < 4.78 is 0. The number of anilines is 1. The maximum absolute atomic E-state index is 9.24. The van der Waals surface area contributed by atoms with Crippen molar-refractivity contribution >= 4 is 5.69 Å². The molecule has 0 aromatic heterocycles. The lowest BCUT2D eigenvalue weighted by Gasteiger charge is -2.50. The Morgan fingerprint density at radius 3 is 2.72 bits per heavy atom. The van der Waals surface area contributed by atoms with Crippen molar-refractivity contribution in [2.75, 3.05) is 18.1 Å². The molecule has 1 atom stereocenters. The van der Waals surface area contributed by atoms with E-state index in [1.165, 1.54) is 24.1 Å². The summed E-state index contributed by atoms with van der Waals surface area (Å²) in [6.07, 6.45) is 3.37. The van der Waals surface area contributed by atoms with E-state index in [-0.39, 0.29) is 5.54 Å². The Hall–Kier alpha value is -1.02. The van der Waals surface area contributed by atoms with E-state index in [1.807, 2.05) is 0 Å². The van der Waals surface area contributed by atoms with Gasteiger partial charge in [-0.2, -0.15) is 0 Å². The fourth-order valence-electron chi connectivity index (χ4n) is 3.31. The second-order valence-electron chi connectivity index (χ2n) is 5.94. The molecule has 1 aliphatic rings. The number of hydrogen-bond donors (Lipinski definition) is 1. The fourth-order valence-corrected chi connectivity index (χ4v) is 3.31. The van der Waals surface area contributed by atoms with Crippen LogP contribution in [0.25, 0.3) is 0 Å². The Morgan fingerprint density at radius 1 is 1.33 bits per heavy atom. The van der Waals surface area contributed by atoms with Crippen LogP contribution >= 0.6 is 0 Å². The van der Waals surface area contributed by atoms with Gasteiger partial charge in [0.05, 0.1) is 0 Å². The molecule has 1 N–H and O–H groups in total. The molecule has 1 aliphatic heterocycles. The Bertz CT molecular complexity index is 398. The van der Waals surface area contributed by atoms with Crippen molar-refractivity contribution in [1.82, 2.24) is 0 Å². The quantitative estimate of drug-likeness (QED) is 0.885. The molecule has 1 fully saturated rings. The maximum atomic E-state index is 9.24. The van der Waals surface area contributed by atoms with Crippen LogP contribution in [-0.4, -0.2) is 23.8 Å². The van der Waals surface area contributed by atoms with E-state index in [0.29, 0.717) is 12.5 Å². The van der Waals surface area contributed by atoms with Crippen LogP contribution in [0, 0.1) is 12.8 Å². The van der Waals surface area contributed by atoms with Crippen molar-refractivity contribution in [3.8, 4) is 0 Å². The minimum Gasteiger partial charge on any atom is -0.396 e. The lowest BCUT2D eigenvalue weighted by Crippen LogP contribution is -2.54. The van der Waals surface area contributed by atoms with Crippen molar-refractivity contribution in [3.05, 3.63) is 29.8 Å². The molecular formula is C16H25NO. The number of para-hydroxylation sites is 1. The number of aliphatic hydroxyl groups is 1. The summed E-state index contributed by atoms with van der Waals surface area (Å²) in [4.78, 5) is 2.53. The third kappa shape index (κ3) is 2.39. The van der Waals surface area contributed by atoms with Gasteiger partial charge in [0.2, 0.25) is 0 Å². The highest BCUT2D eigenvalue weighted by atomic mass is 16.3. The van der Waals surface area contributed by atoms with Crippen molar-refractivity contribution < 1.29 is 5.11 Å². The molecule has 2 nitrogen and oxygen atoms in total. The second kappa shape index (κ2) is 5.31. The number of nitrogens with zero attached hydrogens (tertiary/aromatic N) is 1. The Labute approximate surface area is 111 Å². The molecular weight excluding hydrogens is 222 g/mol. The van der Waals surface area contributed by atoms with Crippen LogP contribution in [0.4, 0.5) is 5.69 Å². The topological polar surface area (TPSA) is 23.5 Å². The number of benzene rings is 1. The molecule has 0 aliphatic carbocycles. The standard InChI is InChI=1S/C16H25NO/c1-13-7-4-5-9-15(13)17-11-6-8-14(10-12-18)16(17,2)3/h4-5,7,9,14,18H,6,8,10-12H2,1-3H3. The van der Waals surface area contributed by atoms with Gasteiger partial charge in [-0.25, -0.2) is 0 Å². The Kier molecular flexibility index (Phi) is 3.96. The van der Waals surface area contributed by atoms with Gasteiger partial charge in [-0.05, 0) is 57.6 Å². The van der Waals surface area contributed by atoms with Gasteiger partial charge in [-0.15, -0.1) is 0 Å². The van der Waals surface area contributed by atoms with E-state index >= 15 is 0 Å². The molecule has 2 heteroatoms. The van der Waals surface area contributed by atoms with Crippen molar-refractivity contribution in [2.45, 2.75) is 45.6 Å². The first-order chi connectivity index (χ1) is 8.57. The van der Waals surface area contributed by atoms with E-state index in [0.717, 1.165) is 13.0 Å². The van der Waals surface area contributed by atoms with Crippen LogP contribution in [0.3, 0.4) is 0 Å². The molecule has 18 heavy (non-hydrogen) atoms. The number of hydrogen-bond acceptors (Lipinski definition) is 2. The fraction of sp³-hybridized carbons (Fsp3) is 0.625. The number of rotatable bonds is 3. The van der Waals surface area contributed by atoms with Gasteiger partial charge in [0, 0.05) is 24.4 Å². The monoisotopic (exact) mass is 247 g/mol. The number of aryl methyl sites for hydroxylation is 1. The molecule has 0 amide bonds. The zero-order valence-electron chi connectivity index (χ0n) is 11.8. The van der Waals surface area contributed by atoms with Crippen LogP contribution < -0.4 is 4.90 Å². The van der Waals surface area contributed by atoms with Gasteiger partial charge in [-0.1, -0.05) is 18.2 Å².